The smallest absolute Gasteiger partial charge is 0.252 e. The monoisotopic (exact) mass is 570 g/mol. The highest BCUT2D eigenvalue weighted by Crippen LogP contribution is 2.34. The average Bonchev–Trinajstić information content (AvgIpc) is 2.99. The third-order valence-corrected chi connectivity index (χ3v) is 11.3. The number of amides is 2. The van der Waals surface area contributed by atoms with Crippen molar-refractivity contribution in [3.05, 3.63) is 120 Å². The zero-order valence-corrected chi connectivity index (χ0v) is 24.8. The molecule has 198 valence electrons. The Morgan fingerprint density at radius 1 is 0.641 bits per heavy atom. The highest BCUT2D eigenvalue weighted by atomic mass is 32.0. The number of rotatable bonds is 8. The molecule has 0 saturated heterocycles. The van der Waals surface area contributed by atoms with E-state index in [4.69, 9.17) is 0 Å². The molecule has 4 aromatic carbocycles. The van der Waals surface area contributed by atoms with E-state index in [0.29, 0.717) is 19.4 Å². The van der Waals surface area contributed by atoms with Crippen molar-refractivity contribution in [3.63, 3.8) is 0 Å². The van der Waals surface area contributed by atoms with Crippen LogP contribution in [0.3, 0.4) is 0 Å². The Bertz CT molecular complexity index is 1380. The molecular formula is C32H33N2O2P3. The molecule has 0 spiro atoms. The second-order valence-electron chi connectivity index (χ2n) is 9.66. The summed E-state index contributed by atoms with van der Waals surface area (Å²) < 4.78 is 0. The first-order chi connectivity index (χ1) is 19.2. The van der Waals surface area contributed by atoms with Crippen LogP contribution in [0.15, 0.2) is 109 Å². The van der Waals surface area contributed by atoms with Gasteiger partial charge in [-0.2, -0.15) is 0 Å². The van der Waals surface area contributed by atoms with Crippen molar-refractivity contribution in [2.75, 3.05) is 0 Å². The maximum absolute atomic E-state index is 13.9. The van der Waals surface area contributed by atoms with E-state index in [1.807, 2.05) is 54.6 Å². The molecule has 2 N–H and O–H groups in total. The van der Waals surface area contributed by atoms with Gasteiger partial charge in [-0.3, -0.25) is 9.59 Å². The standard InChI is InChI=1S/C32H33N2O2P3/c35-31(25-17-7-11-21-29(25)38-37)33-27-19-9-10-20-28(27)34-32(36)26-18-8-12-22-30(26)39(23-13-3-1-4-14-23)24-15-5-2-6-16-24/h1-8,11-18,21-22,27-28,38H,9-10,19-20,37H2,(H,33,35)(H,34,36)/t27-,28-/m0/s1. The number of hydrogen-bond donors (Lipinski definition) is 2. The fraction of sp³-hybridized carbons (Fsp3) is 0.188. The summed E-state index contributed by atoms with van der Waals surface area (Å²) in [5.41, 5.74) is 1.41. The van der Waals surface area contributed by atoms with Gasteiger partial charge in [-0.15, -0.1) is 8.93 Å². The Kier molecular flexibility index (Phi) is 9.54. The fourth-order valence-electron chi connectivity index (χ4n) is 5.22. The number of carbonyl (C=O) groups is 2. The number of hydrogen-bond acceptors (Lipinski definition) is 2. The van der Waals surface area contributed by atoms with E-state index in [0.717, 1.165) is 36.3 Å². The lowest BCUT2D eigenvalue weighted by Gasteiger charge is -2.33. The second kappa shape index (κ2) is 13.5. The Morgan fingerprint density at radius 2 is 1.10 bits per heavy atom. The van der Waals surface area contributed by atoms with Crippen LogP contribution in [-0.4, -0.2) is 23.9 Å². The Hall–Kier alpha value is -2.89. The number of nitrogens with one attached hydrogen (secondary N) is 2. The minimum Gasteiger partial charge on any atom is -0.347 e. The molecule has 4 aromatic rings. The molecule has 1 aliphatic carbocycles. The Balaban J connectivity index is 1.40. The first-order valence-electron chi connectivity index (χ1n) is 13.3. The first kappa shape index (κ1) is 27.7. The minimum absolute atomic E-state index is 0.0659. The molecule has 5 rings (SSSR count). The normalized spacial score (nSPS) is 17.3. The summed E-state index contributed by atoms with van der Waals surface area (Å²) in [6.45, 7) is 0. The maximum Gasteiger partial charge on any atom is 0.252 e. The predicted octanol–water partition coefficient (Wildman–Crippen LogP) is 5.01. The SMILES string of the molecule is O=C(N[C@H]1CCCC[C@@H]1NC(=O)c1ccccc1P(c1ccccc1)c1ccccc1)c1ccccc1PP. The topological polar surface area (TPSA) is 58.2 Å². The van der Waals surface area contributed by atoms with Gasteiger partial charge in [0.2, 0.25) is 0 Å². The molecule has 0 bridgehead atoms. The molecule has 0 heterocycles. The van der Waals surface area contributed by atoms with Crippen molar-refractivity contribution in [1.29, 1.82) is 0 Å². The summed E-state index contributed by atoms with van der Waals surface area (Å²) >= 11 is 0. The molecule has 2 unspecified atom stereocenters. The van der Waals surface area contributed by atoms with Crippen LogP contribution in [0.2, 0.25) is 0 Å². The predicted molar refractivity (Wildman–Crippen MR) is 170 cm³/mol. The van der Waals surface area contributed by atoms with Crippen LogP contribution in [0.5, 0.6) is 0 Å². The van der Waals surface area contributed by atoms with Gasteiger partial charge in [-0.25, -0.2) is 0 Å². The molecule has 1 saturated carbocycles. The molecule has 39 heavy (non-hydrogen) atoms. The Labute approximate surface area is 236 Å². The van der Waals surface area contributed by atoms with Crippen molar-refractivity contribution in [2.24, 2.45) is 0 Å². The van der Waals surface area contributed by atoms with E-state index in [1.54, 1.807) is 0 Å². The van der Waals surface area contributed by atoms with Gasteiger partial charge in [0.25, 0.3) is 11.8 Å². The van der Waals surface area contributed by atoms with Gasteiger partial charge in [0.15, 0.2) is 0 Å². The van der Waals surface area contributed by atoms with E-state index in [1.165, 1.54) is 10.6 Å². The molecule has 1 aliphatic rings. The van der Waals surface area contributed by atoms with Crippen molar-refractivity contribution in [1.82, 2.24) is 10.6 Å². The molecule has 0 radical (unpaired) electrons. The fourth-order valence-corrected chi connectivity index (χ4v) is 8.96. The van der Waals surface area contributed by atoms with Crippen LogP contribution >= 0.6 is 25.1 Å². The molecular weight excluding hydrogens is 537 g/mol. The van der Waals surface area contributed by atoms with Gasteiger partial charge in [0.1, 0.15) is 0 Å². The largest absolute Gasteiger partial charge is 0.347 e. The lowest BCUT2D eigenvalue weighted by atomic mass is 9.89. The van der Waals surface area contributed by atoms with Crippen LogP contribution < -0.4 is 31.9 Å². The minimum atomic E-state index is -0.915. The van der Waals surface area contributed by atoms with Crippen LogP contribution in [0.25, 0.3) is 0 Å². The van der Waals surface area contributed by atoms with Crippen LogP contribution in [0.4, 0.5) is 0 Å². The Morgan fingerprint density at radius 3 is 1.67 bits per heavy atom. The van der Waals surface area contributed by atoms with Gasteiger partial charge >= 0.3 is 0 Å². The lowest BCUT2D eigenvalue weighted by Crippen LogP contribution is -2.53. The van der Waals surface area contributed by atoms with E-state index in [9.17, 15) is 9.59 Å². The highest BCUT2D eigenvalue weighted by molar-refractivity contribution is 8.06. The number of benzene rings is 4. The van der Waals surface area contributed by atoms with Crippen molar-refractivity contribution in [2.45, 2.75) is 37.8 Å². The van der Waals surface area contributed by atoms with Crippen molar-refractivity contribution in [3.8, 4) is 0 Å². The zero-order valence-electron chi connectivity index (χ0n) is 21.7. The summed E-state index contributed by atoms with van der Waals surface area (Å²) in [4.78, 5) is 27.1. The first-order valence-corrected chi connectivity index (χ1v) is 17.5. The van der Waals surface area contributed by atoms with E-state index in [2.05, 4.69) is 74.2 Å². The third kappa shape index (κ3) is 6.64. The maximum atomic E-state index is 13.9. The molecule has 4 atom stereocenters. The van der Waals surface area contributed by atoms with E-state index >= 15 is 0 Å². The van der Waals surface area contributed by atoms with Gasteiger partial charge in [-0.1, -0.05) is 118 Å². The lowest BCUT2D eigenvalue weighted by molar-refractivity contribution is 0.0864. The summed E-state index contributed by atoms with van der Waals surface area (Å²) in [6, 6.07) is 36.3. The summed E-state index contributed by atoms with van der Waals surface area (Å²) in [5, 5.41) is 11.0. The molecule has 2 amide bonds. The van der Waals surface area contributed by atoms with Crippen LogP contribution in [-0.2, 0) is 0 Å². The van der Waals surface area contributed by atoms with Gasteiger partial charge in [0.05, 0.1) is 0 Å². The summed E-state index contributed by atoms with van der Waals surface area (Å²) in [7, 11) is 2.27. The van der Waals surface area contributed by atoms with Crippen molar-refractivity contribution >= 4 is 58.2 Å². The summed E-state index contributed by atoms with van der Waals surface area (Å²) in [5.74, 6) is -0.147. The quantitative estimate of drug-likeness (QED) is 0.293. The molecule has 0 aliphatic heterocycles. The molecule has 1 fully saturated rings. The highest BCUT2D eigenvalue weighted by Gasteiger charge is 2.30. The molecule has 0 aromatic heterocycles. The zero-order chi connectivity index (χ0) is 27.0. The van der Waals surface area contributed by atoms with Crippen LogP contribution in [0, 0.1) is 0 Å². The van der Waals surface area contributed by atoms with Gasteiger partial charge in [0, 0.05) is 23.2 Å². The third-order valence-electron chi connectivity index (χ3n) is 7.14. The van der Waals surface area contributed by atoms with Crippen LogP contribution in [0.1, 0.15) is 46.4 Å². The molecule has 7 heteroatoms. The molecule has 4 nitrogen and oxygen atoms in total. The summed E-state index contributed by atoms with van der Waals surface area (Å²) in [6.07, 6.45) is 3.76. The average molecular weight is 571 g/mol. The number of carbonyl (C=O) groups excluding carboxylic acids is 2. The van der Waals surface area contributed by atoms with Gasteiger partial charge < -0.3 is 10.6 Å². The second-order valence-corrected chi connectivity index (χ2v) is 13.5. The van der Waals surface area contributed by atoms with E-state index in [-0.39, 0.29) is 23.9 Å². The van der Waals surface area contributed by atoms with Gasteiger partial charge in [-0.05, 0) is 54.1 Å². The van der Waals surface area contributed by atoms with E-state index < -0.39 is 7.92 Å². The van der Waals surface area contributed by atoms with Crippen molar-refractivity contribution < 1.29 is 9.59 Å².